The SMILES string of the molecule is CC(C)(C)[NH+]1CC=C(c2cc3c(ccc(=O)n3-c3c(Cl)cccc3Cl)c(-c3ccccc3Cl)n2)CC1.[Cl-]. The number of pyridine rings is 2. The predicted molar refractivity (Wildman–Crippen MR) is 151 cm³/mol. The number of hydrogen-bond donors (Lipinski definition) is 1. The van der Waals surface area contributed by atoms with Gasteiger partial charge < -0.3 is 17.3 Å². The maximum absolute atomic E-state index is 13.3. The van der Waals surface area contributed by atoms with Gasteiger partial charge in [-0.15, -0.1) is 0 Å². The molecule has 3 heterocycles. The lowest BCUT2D eigenvalue weighted by molar-refractivity contribution is -0.942. The van der Waals surface area contributed by atoms with Crippen molar-refractivity contribution in [2.75, 3.05) is 13.1 Å². The van der Waals surface area contributed by atoms with Gasteiger partial charge in [0.25, 0.3) is 5.56 Å². The Hall–Kier alpha value is -2.34. The number of nitrogens with zero attached hydrogens (tertiary/aromatic N) is 2. The number of fused-ring (bicyclic) bond motifs is 1. The third-order valence-corrected chi connectivity index (χ3v) is 7.80. The average Bonchev–Trinajstić information content (AvgIpc) is 2.84. The van der Waals surface area contributed by atoms with Crippen LogP contribution >= 0.6 is 34.8 Å². The van der Waals surface area contributed by atoms with Gasteiger partial charge in [-0.1, -0.05) is 59.1 Å². The molecule has 0 fully saturated rings. The fourth-order valence-corrected chi connectivity index (χ4v) is 5.64. The van der Waals surface area contributed by atoms with E-state index in [4.69, 9.17) is 39.8 Å². The highest BCUT2D eigenvalue weighted by Gasteiger charge is 2.28. The lowest BCUT2D eigenvalue weighted by Gasteiger charge is -2.34. The zero-order valence-corrected chi connectivity index (χ0v) is 23.8. The number of aromatic nitrogens is 2. The Labute approximate surface area is 237 Å². The molecule has 192 valence electrons. The second-order valence-electron chi connectivity index (χ2n) is 10.1. The summed E-state index contributed by atoms with van der Waals surface area (Å²) in [5, 5.41) is 2.19. The lowest BCUT2D eigenvalue weighted by atomic mass is 9.97. The summed E-state index contributed by atoms with van der Waals surface area (Å²) in [6.07, 6.45) is 3.15. The standard InChI is InChI=1S/C29H26Cl3N3O.ClH/c1-29(2,3)34-15-13-18(14-16-34)24-17-25-20(27(33-24)19-7-4-5-8-21(19)30)11-12-26(36)35(25)28-22(31)9-6-10-23(28)32;/h4-13,17H,14-16H2,1-3H3;1H. The summed E-state index contributed by atoms with van der Waals surface area (Å²) in [5.41, 5.74) is 4.60. The molecule has 0 amide bonds. The van der Waals surface area contributed by atoms with Crippen molar-refractivity contribution in [2.24, 2.45) is 0 Å². The first-order chi connectivity index (χ1) is 17.1. The summed E-state index contributed by atoms with van der Waals surface area (Å²) in [4.78, 5) is 19.9. The quantitative estimate of drug-likeness (QED) is 0.407. The van der Waals surface area contributed by atoms with Crippen LogP contribution in [0.25, 0.3) is 33.4 Å². The molecule has 0 saturated carbocycles. The first kappa shape index (κ1) is 27.7. The van der Waals surface area contributed by atoms with E-state index in [1.54, 1.807) is 28.8 Å². The molecule has 4 aromatic rings. The number of rotatable bonds is 3. The van der Waals surface area contributed by atoms with E-state index in [-0.39, 0.29) is 23.5 Å². The van der Waals surface area contributed by atoms with E-state index in [0.29, 0.717) is 26.3 Å². The Balaban J connectivity index is 0.00000320. The summed E-state index contributed by atoms with van der Waals surface area (Å²) in [6, 6.07) is 18.2. The van der Waals surface area contributed by atoms with Crippen molar-refractivity contribution in [1.29, 1.82) is 0 Å². The fourth-order valence-electron chi connectivity index (χ4n) is 4.84. The summed E-state index contributed by atoms with van der Waals surface area (Å²) >= 11 is 19.8. The first-order valence-electron chi connectivity index (χ1n) is 12.0. The molecule has 0 aliphatic carbocycles. The van der Waals surface area contributed by atoms with Gasteiger partial charge in [-0.3, -0.25) is 9.36 Å². The van der Waals surface area contributed by atoms with E-state index in [1.165, 1.54) is 11.0 Å². The molecule has 8 heteroatoms. The summed E-state index contributed by atoms with van der Waals surface area (Å²) in [7, 11) is 0. The molecular weight excluding hydrogens is 548 g/mol. The minimum absolute atomic E-state index is 0. The van der Waals surface area contributed by atoms with Gasteiger partial charge in [0.1, 0.15) is 0 Å². The van der Waals surface area contributed by atoms with Gasteiger partial charge in [0.05, 0.1) is 51.3 Å². The molecule has 2 aromatic carbocycles. The molecule has 2 aromatic heterocycles. The highest BCUT2D eigenvalue weighted by atomic mass is 35.5. The molecular formula is C29H27Cl4N3O. The van der Waals surface area contributed by atoms with Gasteiger partial charge in [0.15, 0.2) is 0 Å². The van der Waals surface area contributed by atoms with Crippen molar-refractivity contribution < 1.29 is 17.3 Å². The average molecular weight is 575 g/mol. The van der Waals surface area contributed by atoms with Crippen molar-refractivity contribution >= 4 is 51.3 Å². The van der Waals surface area contributed by atoms with Gasteiger partial charge in [-0.25, -0.2) is 4.98 Å². The van der Waals surface area contributed by atoms with Gasteiger partial charge in [-0.2, -0.15) is 0 Å². The lowest BCUT2D eigenvalue weighted by Crippen LogP contribution is -3.19. The van der Waals surface area contributed by atoms with Crippen LogP contribution in [0.5, 0.6) is 0 Å². The van der Waals surface area contributed by atoms with Gasteiger partial charge >= 0.3 is 0 Å². The second-order valence-corrected chi connectivity index (χ2v) is 11.4. The van der Waals surface area contributed by atoms with E-state index in [1.807, 2.05) is 30.3 Å². The minimum atomic E-state index is -0.222. The zero-order valence-electron chi connectivity index (χ0n) is 20.8. The maximum Gasteiger partial charge on any atom is 0.255 e. The van der Waals surface area contributed by atoms with E-state index < -0.39 is 0 Å². The molecule has 1 atom stereocenters. The van der Waals surface area contributed by atoms with Crippen LogP contribution in [0, 0.1) is 0 Å². The monoisotopic (exact) mass is 573 g/mol. The van der Waals surface area contributed by atoms with E-state index in [2.05, 4.69) is 26.8 Å². The molecule has 1 aliphatic heterocycles. The highest BCUT2D eigenvalue weighted by Crippen LogP contribution is 2.36. The largest absolute Gasteiger partial charge is 1.00 e. The number of para-hydroxylation sites is 1. The van der Waals surface area contributed by atoms with E-state index in [0.717, 1.165) is 47.4 Å². The molecule has 0 bridgehead atoms. The van der Waals surface area contributed by atoms with Crippen LogP contribution in [-0.2, 0) is 0 Å². The molecule has 0 saturated heterocycles. The van der Waals surface area contributed by atoms with Crippen molar-refractivity contribution in [3.05, 3.63) is 97.9 Å². The maximum atomic E-state index is 13.3. The third kappa shape index (κ3) is 5.32. The second kappa shape index (κ2) is 10.8. The summed E-state index contributed by atoms with van der Waals surface area (Å²) in [5.74, 6) is 0. The van der Waals surface area contributed by atoms with Crippen molar-refractivity contribution in [1.82, 2.24) is 9.55 Å². The molecule has 1 N–H and O–H groups in total. The first-order valence-corrected chi connectivity index (χ1v) is 13.1. The van der Waals surface area contributed by atoms with E-state index in [9.17, 15) is 4.79 Å². The predicted octanol–water partition coefficient (Wildman–Crippen LogP) is 3.49. The number of quaternary nitrogens is 1. The molecule has 37 heavy (non-hydrogen) atoms. The Morgan fingerprint density at radius 2 is 1.59 bits per heavy atom. The van der Waals surface area contributed by atoms with Gasteiger partial charge in [0, 0.05) is 28.5 Å². The number of benzene rings is 2. The number of nitrogens with one attached hydrogen (secondary N) is 1. The van der Waals surface area contributed by atoms with Gasteiger partial charge in [-0.05, 0) is 62.8 Å². The van der Waals surface area contributed by atoms with Crippen LogP contribution in [0.1, 0.15) is 32.9 Å². The Morgan fingerprint density at radius 1 is 0.919 bits per heavy atom. The summed E-state index contributed by atoms with van der Waals surface area (Å²) in [6.45, 7) is 8.71. The number of hydrogen-bond acceptors (Lipinski definition) is 2. The van der Waals surface area contributed by atoms with E-state index >= 15 is 0 Å². The highest BCUT2D eigenvalue weighted by molar-refractivity contribution is 6.38. The van der Waals surface area contributed by atoms with Crippen LogP contribution in [0.15, 0.2) is 71.5 Å². The molecule has 1 unspecified atom stereocenters. The summed E-state index contributed by atoms with van der Waals surface area (Å²) < 4.78 is 1.58. The third-order valence-electron chi connectivity index (χ3n) is 6.86. The van der Waals surface area contributed by atoms with Crippen LogP contribution in [-0.4, -0.2) is 28.2 Å². The van der Waals surface area contributed by atoms with Crippen LogP contribution in [0.3, 0.4) is 0 Å². The van der Waals surface area contributed by atoms with Gasteiger partial charge in [0.2, 0.25) is 0 Å². The topological polar surface area (TPSA) is 39.3 Å². The smallest absolute Gasteiger partial charge is 0.255 e. The molecule has 0 spiro atoms. The molecule has 4 nitrogen and oxygen atoms in total. The Kier molecular flexibility index (Phi) is 8.08. The number of halogens is 4. The minimum Gasteiger partial charge on any atom is -1.00 e. The normalized spacial score (nSPS) is 15.8. The molecule has 5 rings (SSSR count). The Bertz CT molecular complexity index is 1550. The van der Waals surface area contributed by atoms with Crippen LogP contribution in [0.4, 0.5) is 0 Å². The van der Waals surface area contributed by atoms with Crippen LogP contribution < -0.4 is 22.9 Å². The van der Waals surface area contributed by atoms with Crippen molar-refractivity contribution in [3.8, 4) is 16.9 Å². The van der Waals surface area contributed by atoms with Crippen LogP contribution in [0.2, 0.25) is 15.1 Å². The zero-order chi connectivity index (χ0) is 25.6. The van der Waals surface area contributed by atoms with Crippen molar-refractivity contribution in [3.63, 3.8) is 0 Å². The molecule has 0 radical (unpaired) electrons. The fraction of sp³-hybridized carbons (Fsp3) is 0.241. The van der Waals surface area contributed by atoms with Crippen molar-refractivity contribution in [2.45, 2.75) is 32.7 Å². The Morgan fingerprint density at radius 3 is 2.22 bits per heavy atom. The molecule has 1 aliphatic rings.